The zero-order valence-corrected chi connectivity index (χ0v) is 14.2. The average Bonchev–Trinajstić information content (AvgIpc) is 2.81. The predicted octanol–water partition coefficient (Wildman–Crippen LogP) is 0.523. The van der Waals surface area contributed by atoms with E-state index in [4.69, 9.17) is 0 Å². The fourth-order valence-corrected chi connectivity index (χ4v) is 4.56. The minimum atomic E-state index is -3.61. The van der Waals surface area contributed by atoms with Crippen molar-refractivity contribution in [2.45, 2.75) is 18.4 Å². The fourth-order valence-electron chi connectivity index (χ4n) is 1.43. The van der Waals surface area contributed by atoms with Crippen LogP contribution in [0.15, 0.2) is 16.3 Å². The second-order valence-electron chi connectivity index (χ2n) is 4.49. The Labute approximate surface area is 124 Å². The number of hydrogen-bond acceptors (Lipinski definition) is 6. The zero-order valence-electron chi connectivity index (χ0n) is 11.8. The molecule has 0 aliphatic rings. The smallest absolute Gasteiger partial charge is 0.243 e. The minimum Gasteiger partial charge on any atom is -0.312 e. The molecule has 0 saturated heterocycles. The highest BCUT2D eigenvalue weighted by atomic mass is 32.2. The number of sulfone groups is 1. The van der Waals surface area contributed by atoms with Crippen molar-refractivity contribution in [2.75, 3.05) is 32.1 Å². The third kappa shape index (κ3) is 5.13. The van der Waals surface area contributed by atoms with Gasteiger partial charge in [-0.05, 0) is 12.6 Å². The van der Waals surface area contributed by atoms with Crippen LogP contribution in [-0.4, -0.2) is 53.3 Å². The lowest BCUT2D eigenvalue weighted by Crippen LogP contribution is -2.31. The van der Waals surface area contributed by atoms with E-state index in [0.717, 1.165) is 22.0 Å². The molecular formula is C11H20N2O4S3. The number of nitrogens with zero attached hydrogens (tertiary/aromatic N) is 1. The summed E-state index contributed by atoms with van der Waals surface area (Å²) < 4.78 is 47.8. The van der Waals surface area contributed by atoms with E-state index in [1.807, 2.05) is 6.92 Å². The van der Waals surface area contributed by atoms with Crippen molar-refractivity contribution in [3.8, 4) is 0 Å². The van der Waals surface area contributed by atoms with Crippen LogP contribution in [0.5, 0.6) is 0 Å². The standard InChI is InChI=1S/C11H20N2O4S3/c1-4-12-8-10-7-11(9-18-10)20(16,17)13(2)5-6-19(3,14)15/h7,9,12H,4-6,8H2,1-3H3. The largest absolute Gasteiger partial charge is 0.312 e. The first-order valence-corrected chi connectivity index (χ1v) is 10.5. The topological polar surface area (TPSA) is 83.6 Å². The van der Waals surface area contributed by atoms with E-state index in [9.17, 15) is 16.8 Å². The Kier molecular flexibility index (Phi) is 6.14. The highest BCUT2D eigenvalue weighted by molar-refractivity contribution is 7.91. The van der Waals surface area contributed by atoms with Gasteiger partial charge in [0.1, 0.15) is 9.84 Å². The molecule has 0 spiro atoms. The lowest BCUT2D eigenvalue weighted by atomic mass is 10.4. The Morgan fingerprint density at radius 1 is 1.30 bits per heavy atom. The maximum atomic E-state index is 12.3. The summed E-state index contributed by atoms with van der Waals surface area (Å²) in [6, 6.07) is 1.62. The highest BCUT2D eigenvalue weighted by Crippen LogP contribution is 2.21. The molecule has 6 nitrogen and oxygen atoms in total. The van der Waals surface area contributed by atoms with E-state index in [1.54, 1.807) is 11.4 Å². The quantitative estimate of drug-likeness (QED) is 0.746. The SMILES string of the molecule is CCNCc1cc(S(=O)(=O)N(C)CCS(C)(=O)=O)cs1. The molecule has 116 valence electrons. The summed E-state index contributed by atoms with van der Waals surface area (Å²) in [5.41, 5.74) is 0. The van der Waals surface area contributed by atoms with E-state index in [2.05, 4.69) is 5.32 Å². The van der Waals surface area contributed by atoms with Gasteiger partial charge in [-0.1, -0.05) is 6.92 Å². The first-order chi connectivity index (χ1) is 9.16. The molecule has 1 rings (SSSR count). The van der Waals surface area contributed by atoms with Gasteiger partial charge in [-0.2, -0.15) is 4.31 Å². The summed E-state index contributed by atoms with van der Waals surface area (Å²) in [5.74, 6) is -0.183. The molecule has 0 aliphatic carbocycles. The second-order valence-corrected chi connectivity index (χ2v) is 9.79. The van der Waals surface area contributed by atoms with Gasteiger partial charge < -0.3 is 5.32 Å². The van der Waals surface area contributed by atoms with Gasteiger partial charge in [0.25, 0.3) is 0 Å². The van der Waals surface area contributed by atoms with E-state index >= 15 is 0 Å². The van der Waals surface area contributed by atoms with Gasteiger partial charge in [0.15, 0.2) is 0 Å². The van der Waals surface area contributed by atoms with Crippen molar-refractivity contribution in [2.24, 2.45) is 0 Å². The van der Waals surface area contributed by atoms with Crippen LogP contribution in [0.3, 0.4) is 0 Å². The van der Waals surface area contributed by atoms with Crippen LogP contribution in [0.25, 0.3) is 0 Å². The van der Waals surface area contributed by atoms with Gasteiger partial charge in [0.2, 0.25) is 10.0 Å². The summed E-state index contributed by atoms with van der Waals surface area (Å²) in [6.07, 6.45) is 1.09. The van der Waals surface area contributed by atoms with Crippen molar-refractivity contribution < 1.29 is 16.8 Å². The summed E-state index contributed by atoms with van der Waals surface area (Å²) in [5, 5.41) is 4.71. The third-order valence-electron chi connectivity index (χ3n) is 2.66. The molecule has 0 unspecified atom stereocenters. The van der Waals surface area contributed by atoms with Crippen molar-refractivity contribution in [3.05, 3.63) is 16.3 Å². The number of sulfonamides is 1. The normalized spacial score (nSPS) is 13.0. The fraction of sp³-hybridized carbons (Fsp3) is 0.636. The molecule has 0 aromatic carbocycles. The van der Waals surface area contributed by atoms with Crippen molar-refractivity contribution in [1.82, 2.24) is 9.62 Å². The molecule has 1 aromatic heterocycles. The molecule has 20 heavy (non-hydrogen) atoms. The lowest BCUT2D eigenvalue weighted by molar-refractivity contribution is 0.485. The molecule has 0 amide bonds. The maximum absolute atomic E-state index is 12.3. The molecule has 0 bridgehead atoms. The zero-order chi connectivity index (χ0) is 15.4. The molecule has 1 N–H and O–H groups in total. The van der Waals surface area contributed by atoms with E-state index in [1.165, 1.54) is 18.4 Å². The van der Waals surface area contributed by atoms with Gasteiger partial charge in [-0.25, -0.2) is 16.8 Å². The van der Waals surface area contributed by atoms with Gasteiger partial charge in [0, 0.05) is 36.7 Å². The number of thiophene rings is 1. The molecule has 0 fully saturated rings. The number of hydrogen-bond donors (Lipinski definition) is 1. The van der Waals surface area contributed by atoms with Crippen LogP contribution in [0.4, 0.5) is 0 Å². The minimum absolute atomic E-state index is 0.0421. The highest BCUT2D eigenvalue weighted by Gasteiger charge is 2.23. The van der Waals surface area contributed by atoms with E-state index < -0.39 is 19.9 Å². The van der Waals surface area contributed by atoms with E-state index in [-0.39, 0.29) is 17.2 Å². The molecule has 9 heteroatoms. The van der Waals surface area contributed by atoms with Crippen LogP contribution in [0.1, 0.15) is 11.8 Å². The third-order valence-corrected chi connectivity index (χ3v) is 6.51. The van der Waals surface area contributed by atoms with Gasteiger partial charge in [-0.15, -0.1) is 11.3 Å². The number of nitrogens with one attached hydrogen (secondary N) is 1. The Balaban J connectivity index is 2.79. The van der Waals surface area contributed by atoms with Gasteiger partial charge in [-0.3, -0.25) is 0 Å². The molecular weight excluding hydrogens is 320 g/mol. The second kappa shape index (κ2) is 6.99. The van der Waals surface area contributed by atoms with Crippen molar-refractivity contribution in [1.29, 1.82) is 0 Å². The maximum Gasteiger partial charge on any atom is 0.243 e. The van der Waals surface area contributed by atoms with Crippen molar-refractivity contribution in [3.63, 3.8) is 0 Å². The molecule has 0 atom stereocenters. The first-order valence-electron chi connectivity index (χ1n) is 6.09. The van der Waals surface area contributed by atoms with Crippen LogP contribution in [0, 0.1) is 0 Å². The molecule has 0 radical (unpaired) electrons. The Bertz CT molecular complexity index is 634. The summed E-state index contributed by atoms with van der Waals surface area (Å²) >= 11 is 1.37. The number of rotatable bonds is 8. The van der Waals surface area contributed by atoms with Gasteiger partial charge >= 0.3 is 0 Å². The van der Waals surface area contributed by atoms with E-state index in [0.29, 0.717) is 6.54 Å². The molecule has 0 aliphatic heterocycles. The Hall–Kier alpha value is -0.480. The first kappa shape index (κ1) is 17.6. The van der Waals surface area contributed by atoms with Gasteiger partial charge in [0.05, 0.1) is 10.6 Å². The monoisotopic (exact) mass is 340 g/mol. The Morgan fingerprint density at radius 2 is 1.95 bits per heavy atom. The molecule has 0 saturated carbocycles. The summed E-state index contributed by atoms with van der Waals surface area (Å²) in [7, 11) is -5.41. The summed E-state index contributed by atoms with van der Waals surface area (Å²) in [4.78, 5) is 1.15. The molecule has 1 aromatic rings. The van der Waals surface area contributed by atoms with Crippen molar-refractivity contribution >= 4 is 31.2 Å². The summed E-state index contributed by atoms with van der Waals surface area (Å²) in [6.45, 7) is 3.38. The predicted molar refractivity (Wildman–Crippen MR) is 81.2 cm³/mol. The van der Waals surface area contributed by atoms with Crippen LogP contribution in [0.2, 0.25) is 0 Å². The Morgan fingerprint density at radius 3 is 2.50 bits per heavy atom. The van der Waals surface area contributed by atoms with Crippen LogP contribution >= 0.6 is 11.3 Å². The van der Waals surface area contributed by atoms with Crippen LogP contribution in [-0.2, 0) is 26.4 Å². The van der Waals surface area contributed by atoms with Crippen LogP contribution < -0.4 is 5.32 Å². The average molecular weight is 340 g/mol. The molecule has 1 heterocycles. The lowest BCUT2D eigenvalue weighted by Gasteiger charge is -2.15.